The van der Waals surface area contributed by atoms with E-state index in [9.17, 15) is 13.6 Å². The van der Waals surface area contributed by atoms with Crippen molar-refractivity contribution in [3.8, 4) is 5.75 Å². The number of fused-ring (bicyclic) bond motifs is 1. The molecule has 1 aromatic heterocycles. The molecule has 4 nitrogen and oxygen atoms in total. The third kappa shape index (κ3) is 4.15. The van der Waals surface area contributed by atoms with Gasteiger partial charge in [0.1, 0.15) is 5.75 Å². The molecule has 8 heteroatoms. The fourth-order valence-corrected chi connectivity index (χ4v) is 2.57. The Bertz CT molecular complexity index is 1000. The van der Waals surface area contributed by atoms with E-state index in [4.69, 9.17) is 23.2 Å². The molecule has 0 aliphatic rings. The fraction of sp³-hybridized carbons (Fsp3) is 0.0588. The minimum atomic E-state index is -2.88. The standard InChI is InChI=1S/C17H10Cl2F2N2O2/c18-10-3-6-14-12(8-10)16(24)23-15(22-14)13(19)7-9-1-4-11(5-2-9)25-17(20)21/h1-8,17H,(H,22,23,24)/b13-7-. The van der Waals surface area contributed by atoms with Gasteiger partial charge in [0.15, 0.2) is 5.82 Å². The van der Waals surface area contributed by atoms with Gasteiger partial charge in [-0.2, -0.15) is 8.78 Å². The molecule has 1 heterocycles. The molecule has 2 aromatic carbocycles. The first kappa shape index (κ1) is 17.4. The predicted octanol–water partition coefficient (Wildman–Crippen LogP) is 4.91. The number of hydrogen-bond acceptors (Lipinski definition) is 3. The highest BCUT2D eigenvalue weighted by Gasteiger charge is 2.08. The van der Waals surface area contributed by atoms with Gasteiger partial charge in [-0.25, -0.2) is 4.98 Å². The van der Waals surface area contributed by atoms with Gasteiger partial charge in [-0.3, -0.25) is 4.79 Å². The molecule has 0 fully saturated rings. The summed E-state index contributed by atoms with van der Waals surface area (Å²) in [5.41, 5.74) is 0.718. The maximum absolute atomic E-state index is 12.1. The lowest BCUT2D eigenvalue weighted by Crippen LogP contribution is -2.10. The molecule has 0 unspecified atom stereocenters. The number of alkyl halides is 2. The van der Waals surface area contributed by atoms with E-state index >= 15 is 0 Å². The zero-order chi connectivity index (χ0) is 18.0. The van der Waals surface area contributed by atoms with Crippen molar-refractivity contribution in [2.24, 2.45) is 0 Å². The van der Waals surface area contributed by atoms with Crippen LogP contribution in [-0.4, -0.2) is 16.6 Å². The van der Waals surface area contributed by atoms with Gasteiger partial charge in [0.05, 0.1) is 15.9 Å². The van der Waals surface area contributed by atoms with E-state index in [0.717, 1.165) is 0 Å². The van der Waals surface area contributed by atoms with E-state index in [2.05, 4.69) is 14.7 Å². The normalized spacial score (nSPS) is 12.0. The van der Waals surface area contributed by atoms with Gasteiger partial charge >= 0.3 is 6.61 Å². The van der Waals surface area contributed by atoms with Crippen molar-refractivity contribution in [3.05, 3.63) is 69.2 Å². The minimum absolute atomic E-state index is 0.0392. The molecule has 3 aromatic rings. The van der Waals surface area contributed by atoms with Crippen molar-refractivity contribution in [1.82, 2.24) is 9.97 Å². The molecule has 0 radical (unpaired) electrons. The number of nitrogens with one attached hydrogen (secondary N) is 1. The van der Waals surface area contributed by atoms with Gasteiger partial charge in [-0.05, 0) is 42.0 Å². The first-order chi connectivity index (χ1) is 11.9. The fourth-order valence-electron chi connectivity index (χ4n) is 2.18. The highest BCUT2D eigenvalue weighted by molar-refractivity contribution is 6.50. The largest absolute Gasteiger partial charge is 0.435 e. The molecule has 0 saturated carbocycles. The molecule has 1 N–H and O–H groups in total. The molecule has 0 aliphatic carbocycles. The van der Waals surface area contributed by atoms with Gasteiger partial charge in [-0.15, -0.1) is 0 Å². The Kier molecular flexibility index (Phi) is 5.01. The lowest BCUT2D eigenvalue weighted by atomic mass is 10.2. The Morgan fingerprint density at radius 2 is 1.92 bits per heavy atom. The zero-order valence-electron chi connectivity index (χ0n) is 12.5. The van der Waals surface area contributed by atoms with Crippen molar-refractivity contribution in [2.45, 2.75) is 6.61 Å². The topological polar surface area (TPSA) is 55.0 Å². The SMILES string of the molecule is O=c1[nH]c(/C(Cl)=C/c2ccc(OC(F)F)cc2)nc2ccc(Cl)cc12. The summed E-state index contributed by atoms with van der Waals surface area (Å²) in [6.45, 7) is -2.88. The van der Waals surface area contributed by atoms with E-state index in [-0.39, 0.29) is 22.2 Å². The number of aromatic nitrogens is 2. The average molecular weight is 383 g/mol. The minimum Gasteiger partial charge on any atom is -0.435 e. The van der Waals surface area contributed by atoms with Crippen molar-refractivity contribution in [3.63, 3.8) is 0 Å². The highest BCUT2D eigenvalue weighted by atomic mass is 35.5. The second-order valence-electron chi connectivity index (χ2n) is 5.02. The van der Waals surface area contributed by atoms with Crippen molar-refractivity contribution >= 4 is 45.2 Å². The zero-order valence-corrected chi connectivity index (χ0v) is 14.0. The van der Waals surface area contributed by atoms with Crippen molar-refractivity contribution in [1.29, 1.82) is 0 Å². The molecule has 3 rings (SSSR count). The molecule has 0 saturated heterocycles. The Hall–Kier alpha value is -2.44. The smallest absolute Gasteiger partial charge is 0.387 e. The van der Waals surface area contributed by atoms with Gasteiger partial charge in [0.2, 0.25) is 0 Å². The summed E-state index contributed by atoms with van der Waals surface area (Å²) in [4.78, 5) is 19.0. The second kappa shape index (κ2) is 7.21. The molecular weight excluding hydrogens is 373 g/mol. The number of halogens is 4. The van der Waals surface area contributed by atoms with Crippen molar-refractivity contribution in [2.75, 3.05) is 0 Å². The summed E-state index contributed by atoms with van der Waals surface area (Å²) in [6, 6.07) is 10.7. The number of nitrogens with zero attached hydrogens (tertiary/aromatic N) is 1. The van der Waals surface area contributed by atoms with Crippen LogP contribution in [0.25, 0.3) is 22.0 Å². The van der Waals surface area contributed by atoms with Crippen LogP contribution in [-0.2, 0) is 0 Å². The third-order valence-corrected chi connectivity index (χ3v) is 3.82. The molecule has 25 heavy (non-hydrogen) atoms. The molecule has 0 aliphatic heterocycles. The monoisotopic (exact) mass is 382 g/mol. The lowest BCUT2D eigenvalue weighted by Gasteiger charge is -2.05. The Morgan fingerprint density at radius 1 is 1.20 bits per heavy atom. The third-order valence-electron chi connectivity index (χ3n) is 3.29. The summed E-state index contributed by atoms with van der Waals surface area (Å²) in [5.74, 6) is 0.229. The molecule has 0 atom stereocenters. The molecule has 0 spiro atoms. The van der Waals surface area contributed by atoms with Crippen LogP contribution in [0.1, 0.15) is 11.4 Å². The quantitative estimate of drug-likeness (QED) is 0.696. The number of H-pyrrole nitrogens is 1. The second-order valence-corrected chi connectivity index (χ2v) is 5.86. The van der Waals surface area contributed by atoms with Crippen LogP contribution in [0.3, 0.4) is 0 Å². The lowest BCUT2D eigenvalue weighted by molar-refractivity contribution is -0.0498. The van der Waals surface area contributed by atoms with Crippen LogP contribution >= 0.6 is 23.2 Å². The van der Waals surface area contributed by atoms with Gasteiger partial charge in [-0.1, -0.05) is 35.3 Å². The van der Waals surface area contributed by atoms with E-state index in [1.54, 1.807) is 30.3 Å². The van der Waals surface area contributed by atoms with Gasteiger partial charge in [0.25, 0.3) is 5.56 Å². The van der Waals surface area contributed by atoms with Crippen molar-refractivity contribution < 1.29 is 13.5 Å². The molecular formula is C17H10Cl2F2N2O2. The van der Waals surface area contributed by atoms with E-state index in [1.165, 1.54) is 18.2 Å². The average Bonchev–Trinajstić information content (AvgIpc) is 2.56. The maximum Gasteiger partial charge on any atom is 0.387 e. The van der Waals surface area contributed by atoms with Crippen LogP contribution in [0.5, 0.6) is 5.75 Å². The van der Waals surface area contributed by atoms with Crippen LogP contribution in [0.2, 0.25) is 5.02 Å². The van der Waals surface area contributed by atoms with Crippen LogP contribution in [0.15, 0.2) is 47.3 Å². The predicted molar refractivity (Wildman–Crippen MR) is 94.2 cm³/mol. The maximum atomic E-state index is 12.1. The van der Waals surface area contributed by atoms with E-state index in [0.29, 0.717) is 21.5 Å². The molecule has 0 amide bonds. The number of aromatic amines is 1. The summed E-state index contributed by atoms with van der Waals surface area (Å²) in [7, 11) is 0. The summed E-state index contributed by atoms with van der Waals surface area (Å²) < 4.78 is 28.5. The Morgan fingerprint density at radius 3 is 2.60 bits per heavy atom. The number of benzene rings is 2. The van der Waals surface area contributed by atoms with E-state index in [1.807, 2.05) is 0 Å². The molecule has 0 bridgehead atoms. The Labute approximate surface area is 150 Å². The number of rotatable bonds is 4. The number of ether oxygens (including phenoxy) is 1. The van der Waals surface area contributed by atoms with Crippen LogP contribution in [0.4, 0.5) is 8.78 Å². The summed E-state index contributed by atoms with van der Waals surface area (Å²) >= 11 is 12.1. The summed E-state index contributed by atoms with van der Waals surface area (Å²) in [5, 5.41) is 0.978. The van der Waals surface area contributed by atoms with E-state index < -0.39 is 6.61 Å². The first-order valence-electron chi connectivity index (χ1n) is 7.04. The molecule has 128 valence electrons. The first-order valence-corrected chi connectivity index (χ1v) is 7.80. The van der Waals surface area contributed by atoms with Gasteiger partial charge < -0.3 is 9.72 Å². The number of hydrogen-bond donors (Lipinski definition) is 1. The summed E-state index contributed by atoms with van der Waals surface area (Å²) in [6.07, 6.45) is 1.55. The van der Waals surface area contributed by atoms with Gasteiger partial charge in [0, 0.05) is 5.02 Å². The highest BCUT2D eigenvalue weighted by Crippen LogP contribution is 2.22. The Balaban J connectivity index is 1.93. The van der Waals surface area contributed by atoms with Crippen LogP contribution < -0.4 is 10.3 Å². The van der Waals surface area contributed by atoms with Crippen LogP contribution in [0, 0.1) is 0 Å².